The zero-order valence-corrected chi connectivity index (χ0v) is 22.9. The van der Waals surface area contributed by atoms with Crippen molar-refractivity contribution in [1.82, 2.24) is 10.2 Å². The number of Topliss-reactive ketones (excluding diaryl/α,β-unsaturated/α-hetero) is 1. The minimum absolute atomic E-state index is 0.00166. The molecule has 0 radical (unpaired) electrons. The second-order valence-corrected chi connectivity index (χ2v) is 10.2. The lowest BCUT2D eigenvalue weighted by Crippen LogP contribution is -2.48. The van der Waals surface area contributed by atoms with E-state index >= 15 is 0 Å². The number of ether oxygens (including phenoxy) is 2. The van der Waals surface area contributed by atoms with Gasteiger partial charge < -0.3 is 30.1 Å². The van der Waals surface area contributed by atoms with Crippen LogP contribution in [-0.4, -0.2) is 73.8 Å². The highest BCUT2D eigenvalue weighted by molar-refractivity contribution is 6.42. The van der Waals surface area contributed by atoms with E-state index in [4.69, 9.17) is 14.9 Å². The largest absolute Gasteiger partial charge is 0.486 e. The van der Waals surface area contributed by atoms with Crippen LogP contribution in [0.1, 0.15) is 40.4 Å². The average molecular weight is 562 g/mol. The molecule has 5 N–H and O–H groups in total. The average Bonchev–Trinajstić information content (AvgIpc) is 3.53. The Kier molecular flexibility index (Phi) is 8.61. The van der Waals surface area contributed by atoms with Crippen LogP contribution in [0.2, 0.25) is 0 Å². The molecule has 0 bridgehead atoms. The van der Waals surface area contributed by atoms with Gasteiger partial charge in [0.2, 0.25) is 5.78 Å². The smallest absolute Gasteiger partial charge is 0.292 e. The molecule has 0 aromatic heterocycles. The normalized spacial score (nSPS) is 16.1. The number of nitrogens with zero attached hydrogens (tertiary/aromatic N) is 1. The summed E-state index contributed by atoms with van der Waals surface area (Å²) < 4.78 is 25.6. The summed E-state index contributed by atoms with van der Waals surface area (Å²) in [5.41, 5.74) is 3.96. The lowest BCUT2D eigenvalue weighted by molar-refractivity contribution is -0.118. The van der Waals surface area contributed by atoms with Crippen molar-refractivity contribution in [2.75, 3.05) is 45.2 Å². The fraction of sp³-hybridized carbons (Fsp3) is 0.323. The molecule has 0 saturated carbocycles. The summed E-state index contributed by atoms with van der Waals surface area (Å²) >= 11 is 0. The standard InChI is InChI=1S/C31H33FN4O5/c1-34-25-15-21(8-9-22(25)17-33)19-4-6-20(7-5-19)29(38)31(39)35-26(18-36-10-2-3-11-36)28(37)23-14-24(32)30-27(16-23)40-12-13-41-30/h4-9,14-17,26,28,33-34,37H,2-3,10-13,18H2,1H3,(H,35,39)/p+1/t26-,28-/m1/s1. The van der Waals surface area contributed by atoms with Crippen molar-refractivity contribution in [1.29, 1.82) is 0 Å². The lowest BCUT2D eigenvalue weighted by Gasteiger charge is -2.29. The van der Waals surface area contributed by atoms with Crippen molar-refractivity contribution in [2.45, 2.75) is 25.0 Å². The summed E-state index contributed by atoms with van der Waals surface area (Å²) in [4.78, 5) is 28.4. The molecule has 3 aromatic carbocycles. The highest BCUT2D eigenvalue weighted by Gasteiger charge is 2.31. The molecule has 41 heavy (non-hydrogen) atoms. The SMILES string of the molecule is CNc1cc(-c2ccc(C(=O)C(=O)N[C@H](CN3CCCC3)[C@H](O)c3cc(F)c4c(c3)OCCO4)cc2)ccc1C=[NH2+]. The van der Waals surface area contributed by atoms with E-state index in [2.05, 4.69) is 15.5 Å². The van der Waals surface area contributed by atoms with Gasteiger partial charge in [-0.2, -0.15) is 0 Å². The molecule has 10 heteroatoms. The Bertz CT molecular complexity index is 1440. The van der Waals surface area contributed by atoms with E-state index in [-0.39, 0.29) is 35.8 Å². The number of hydrogen-bond donors (Lipinski definition) is 4. The monoisotopic (exact) mass is 561 g/mol. The van der Waals surface area contributed by atoms with Crippen molar-refractivity contribution in [2.24, 2.45) is 0 Å². The van der Waals surface area contributed by atoms with Crippen LogP contribution in [0.25, 0.3) is 11.1 Å². The summed E-state index contributed by atoms with van der Waals surface area (Å²) in [6, 6.07) is 14.4. The quantitative estimate of drug-likeness (QED) is 0.169. The number of hydrogen-bond acceptors (Lipinski definition) is 7. The number of benzene rings is 3. The second-order valence-electron chi connectivity index (χ2n) is 10.2. The van der Waals surface area contributed by atoms with Crippen molar-refractivity contribution in [3.63, 3.8) is 0 Å². The van der Waals surface area contributed by atoms with Crippen molar-refractivity contribution in [3.8, 4) is 22.6 Å². The minimum atomic E-state index is -1.28. The van der Waals surface area contributed by atoms with Crippen LogP contribution in [0.15, 0.2) is 54.6 Å². The first-order valence-electron chi connectivity index (χ1n) is 13.7. The van der Waals surface area contributed by atoms with Crippen LogP contribution in [0.5, 0.6) is 11.5 Å². The number of likely N-dealkylation sites (tertiary alicyclic amines) is 1. The minimum Gasteiger partial charge on any atom is -0.486 e. The van der Waals surface area contributed by atoms with E-state index in [1.807, 2.05) is 25.2 Å². The molecule has 9 nitrogen and oxygen atoms in total. The Morgan fingerprint density at radius 3 is 2.46 bits per heavy atom. The molecule has 5 rings (SSSR count). The third-order valence-corrected chi connectivity index (χ3v) is 7.50. The van der Waals surface area contributed by atoms with Crippen molar-refractivity contribution in [3.05, 3.63) is 77.1 Å². The van der Waals surface area contributed by atoms with Gasteiger partial charge in [0, 0.05) is 24.8 Å². The first-order chi connectivity index (χ1) is 19.9. The maximum atomic E-state index is 14.7. The van der Waals surface area contributed by atoms with E-state index in [0.29, 0.717) is 6.54 Å². The van der Waals surface area contributed by atoms with Gasteiger partial charge in [-0.05, 0) is 66.9 Å². The highest BCUT2D eigenvalue weighted by Crippen LogP contribution is 2.36. The van der Waals surface area contributed by atoms with E-state index < -0.39 is 29.7 Å². The topological polar surface area (TPSA) is 126 Å². The predicted octanol–water partition coefficient (Wildman–Crippen LogP) is 1.98. The van der Waals surface area contributed by atoms with Crippen LogP contribution in [0.3, 0.4) is 0 Å². The Hall–Kier alpha value is -4.28. The number of carbonyl (C=O) groups excluding carboxylic acids is 2. The van der Waals surface area contributed by atoms with Gasteiger partial charge in [-0.3, -0.25) is 15.0 Å². The van der Waals surface area contributed by atoms with Gasteiger partial charge in [0.1, 0.15) is 19.3 Å². The molecule has 0 unspecified atom stereocenters. The summed E-state index contributed by atoms with van der Waals surface area (Å²) in [6.45, 7) is 2.42. The molecule has 0 aliphatic carbocycles. The molecular weight excluding hydrogens is 527 g/mol. The Balaban J connectivity index is 1.33. The number of aliphatic hydroxyl groups excluding tert-OH is 1. The van der Waals surface area contributed by atoms with Crippen molar-refractivity contribution >= 4 is 23.6 Å². The maximum Gasteiger partial charge on any atom is 0.292 e. The fourth-order valence-corrected chi connectivity index (χ4v) is 5.28. The zero-order chi connectivity index (χ0) is 28.9. The number of aliphatic hydroxyl groups is 1. The van der Waals surface area contributed by atoms with Crippen LogP contribution in [0, 0.1) is 5.82 Å². The predicted molar refractivity (Wildman–Crippen MR) is 153 cm³/mol. The van der Waals surface area contributed by atoms with E-state index in [0.717, 1.165) is 48.3 Å². The van der Waals surface area contributed by atoms with E-state index in [1.165, 1.54) is 18.3 Å². The number of amides is 1. The molecular formula is C31H34FN4O5+. The fourth-order valence-electron chi connectivity index (χ4n) is 5.28. The molecule has 1 fully saturated rings. The Morgan fingerprint density at radius 2 is 1.76 bits per heavy atom. The molecule has 1 amide bonds. The number of nitrogens with two attached hydrogens (primary N) is 1. The zero-order valence-electron chi connectivity index (χ0n) is 22.9. The van der Waals surface area contributed by atoms with Crippen molar-refractivity contribution < 1.29 is 34.0 Å². The number of carbonyl (C=O) groups is 2. The summed E-state index contributed by atoms with van der Waals surface area (Å²) in [5, 5.41) is 22.8. The van der Waals surface area contributed by atoms with Gasteiger partial charge in [-0.1, -0.05) is 30.3 Å². The van der Waals surface area contributed by atoms with Gasteiger partial charge in [-0.25, -0.2) is 4.39 Å². The number of nitrogens with one attached hydrogen (secondary N) is 2. The molecule has 0 spiro atoms. The first-order valence-corrected chi connectivity index (χ1v) is 13.7. The molecule has 2 aliphatic rings. The number of ketones is 1. The molecule has 214 valence electrons. The van der Waals surface area contributed by atoms with Crippen LogP contribution >= 0.6 is 0 Å². The number of rotatable bonds is 10. The van der Waals surface area contributed by atoms with Gasteiger partial charge >= 0.3 is 0 Å². The van der Waals surface area contributed by atoms with E-state index in [9.17, 15) is 19.1 Å². The molecule has 2 heterocycles. The summed E-state index contributed by atoms with van der Waals surface area (Å²) in [5.74, 6) is -2.03. The van der Waals surface area contributed by atoms with Gasteiger partial charge in [0.15, 0.2) is 23.5 Å². The molecule has 2 atom stereocenters. The van der Waals surface area contributed by atoms with Crippen LogP contribution in [0.4, 0.5) is 10.1 Å². The third kappa shape index (κ3) is 6.23. The molecule has 1 saturated heterocycles. The highest BCUT2D eigenvalue weighted by atomic mass is 19.1. The van der Waals surface area contributed by atoms with Gasteiger partial charge in [-0.15, -0.1) is 0 Å². The number of fused-ring (bicyclic) bond motifs is 1. The van der Waals surface area contributed by atoms with Gasteiger partial charge in [0.05, 0.1) is 11.6 Å². The van der Waals surface area contributed by atoms with E-state index in [1.54, 1.807) is 24.3 Å². The molecule has 2 aliphatic heterocycles. The third-order valence-electron chi connectivity index (χ3n) is 7.50. The second kappa shape index (κ2) is 12.5. The Morgan fingerprint density at radius 1 is 1.05 bits per heavy atom. The van der Waals surface area contributed by atoms with Gasteiger partial charge in [0.25, 0.3) is 5.91 Å². The maximum absolute atomic E-state index is 14.7. The number of halogens is 1. The summed E-state index contributed by atoms with van der Waals surface area (Å²) in [7, 11) is 1.81. The van der Waals surface area contributed by atoms with Crippen LogP contribution < -0.4 is 25.5 Å². The van der Waals surface area contributed by atoms with Crippen LogP contribution in [-0.2, 0) is 4.79 Å². The first kappa shape index (κ1) is 28.3. The molecule has 3 aromatic rings. The lowest BCUT2D eigenvalue weighted by atomic mass is 9.99. The summed E-state index contributed by atoms with van der Waals surface area (Å²) in [6.07, 6.45) is 2.25. The number of anilines is 1. The Labute approximate surface area is 237 Å².